The lowest BCUT2D eigenvalue weighted by Crippen LogP contribution is -2.67. The lowest BCUT2D eigenvalue weighted by molar-refractivity contribution is -0.166. The van der Waals surface area contributed by atoms with Gasteiger partial charge in [-0.05, 0) is 73.7 Å². The normalized spacial score (nSPS) is 20.0. The Hall–Kier alpha value is -3.97. The number of hydrogen-bond acceptors (Lipinski definition) is 4. The summed E-state index contributed by atoms with van der Waals surface area (Å²) in [6.45, 7) is 7.93. The Bertz CT molecular complexity index is 1630. The summed E-state index contributed by atoms with van der Waals surface area (Å²) in [6, 6.07) is 21.8. The molecule has 0 radical (unpaired) electrons. The number of aromatic amines is 1. The van der Waals surface area contributed by atoms with Gasteiger partial charge in [-0.1, -0.05) is 54.9 Å². The van der Waals surface area contributed by atoms with Crippen LogP contribution in [-0.4, -0.2) is 59.4 Å². The van der Waals surface area contributed by atoms with E-state index >= 15 is 0 Å². The highest BCUT2D eigenvalue weighted by Gasteiger charge is 2.56. The van der Waals surface area contributed by atoms with E-state index in [0.717, 1.165) is 39.7 Å². The third-order valence-electron chi connectivity index (χ3n) is 8.53. The number of hydrogen-bond donors (Lipinski definition) is 1. The Morgan fingerprint density at radius 3 is 2.55 bits per heavy atom. The minimum atomic E-state index is -1.15. The Balaban J connectivity index is 1.41. The van der Waals surface area contributed by atoms with Crippen molar-refractivity contribution in [3.8, 4) is 11.5 Å². The summed E-state index contributed by atoms with van der Waals surface area (Å²) in [5.41, 5.74) is 3.71. The molecule has 1 fully saturated rings. The molecular formula is C34H36ClN3O4. The number of amides is 2. The molecule has 0 saturated carbocycles. The number of aromatic nitrogens is 1. The van der Waals surface area contributed by atoms with Gasteiger partial charge in [-0.25, -0.2) is 0 Å². The van der Waals surface area contributed by atoms with Crippen LogP contribution in [0.4, 0.5) is 0 Å². The third-order valence-corrected chi connectivity index (χ3v) is 8.78. The summed E-state index contributed by atoms with van der Waals surface area (Å²) in [5.74, 6) is 1.12. The summed E-state index contributed by atoms with van der Waals surface area (Å²) in [5, 5.41) is 1.73. The molecule has 1 aromatic heterocycles. The molecule has 7 nitrogen and oxygen atoms in total. The highest BCUT2D eigenvalue weighted by Crippen LogP contribution is 2.49. The summed E-state index contributed by atoms with van der Waals surface area (Å²) in [7, 11) is 0. The average Bonchev–Trinajstić information content (AvgIpc) is 3.39. The molecule has 2 atom stereocenters. The molecule has 0 bridgehead atoms. The van der Waals surface area contributed by atoms with Crippen molar-refractivity contribution >= 4 is 34.3 Å². The van der Waals surface area contributed by atoms with E-state index < -0.39 is 5.54 Å². The van der Waals surface area contributed by atoms with Crippen molar-refractivity contribution in [1.82, 2.24) is 14.8 Å². The van der Waals surface area contributed by atoms with E-state index in [1.807, 2.05) is 68.4 Å². The standard InChI is InChI=1S/C34H36ClN3O4/c1-4-18-42-28-15-12-23(19-29(28)41-5-2)26-20-38-30(39)21-37(17-16-22-10-13-24(35)14-11-22)33(40)34(38,3)32-31(26)25-8-6-7-9-27(25)36-32/h6-15,19,26,36H,4-5,16-18,20-21H2,1-3H3/t26-,34-/m0/s1. The van der Waals surface area contributed by atoms with Crippen LogP contribution in [0.1, 0.15) is 55.5 Å². The molecule has 218 valence electrons. The first kappa shape index (κ1) is 28.2. The first-order chi connectivity index (χ1) is 20.3. The minimum Gasteiger partial charge on any atom is -0.490 e. The Morgan fingerprint density at radius 1 is 1.00 bits per heavy atom. The molecule has 2 aliphatic heterocycles. The fourth-order valence-corrected chi connectivity index (χ4v) is 6.54. The molecule has 42 heavy (non-hydrogen) atoms. The number of H-pyrrole nitrogens is 1. The number of carbonyl (C=O) groups excluding carboxylic acids is 2. The number of nitrogens with zero attached hydrogens (tertiary/aromatic N) is 2. The molecule has 8 heteroatoms. The molecule has 3 heterocycles. The van der Waals surface area contributed by atoms with Crippen molar-refractivity contribution in [2.24, 2.45) is 0 Å². The van der Waals surface area contributed by atoms with Crippen molar-refractivity contribution in [2.45, 2.75) is 45.1 Å². The number of nitrogens with one attached hydrogen (secondary N) is 1. The molecule has 0 spiro atoms. The number of carbonyl (C=O) groups is 2. The maximum absolute atomic E-state index is 14.3. The Kier molecular flexibility index (Phi) is 7.62. The zero-order valence-electron chi connectivity index (χ0n) is 24.3. The topological polar surface area (TPSA) is 74.9 Å². The largest absolute Gasteiger partial charge is 0.490 e. The number of benzene rings is 3. The summed E-state index contributed by atoms with van der Waals surface area (Å²) >= 11 is 6.06. The van der Waals surface area contributed by atoms with E-state index in [0.29, 0.717) is 49.2 Å². The highest BCUT2D eigenvalue weighted by atomic mass is 35.5. The van der Waals surface area contributed by atoms with Crippen molar-refractivity contribution in [3.63, 3.8) is 0 Å². The molecule has 2 amide bonds. The van der Waals surface area contributed by atoms with Gasteiger partial charge in [-0.2, -0.15) is 0 Å². The van der Waals surface area contributed by atoms with Crippen LogP contribution in [0.3, 0.4) is 0 Å². The van der Waals surface area contributed by atoms with E-state index in [4.69, 9.17) is 21.1 Å². The number of ether oxygens (including phenoxy) is 2. The first-order valence-corrected chi connectivity index (χ1v) is 15.1. The SMILES string of the molecule is CCCOc1ccc([C@@H]2CN3C(=O)CN(CCc4ccc(Cl)cc4)C(=O)[C@]3(C)c3[nH]c4ccccc4c32)cc1OCC. The maximum atomic E-state index is 14.3. The lowest BCUT2D eigenvalue weighted by atomic mass is 9.76. The van der Waals surface area contributed by atoms with Crippen molar-refractivity contribution < 1.29 is 19.1 Å². The van der Waals surface area contributed by atoms with Gasteiger partial charge in [0.25, 0.3) is 5.91 Å². The van der Waals surface area contributed by atoms with Gasteiger partial charge in [0.15, 0.2) is 17.0 Å². The van der Waals surface area contributed by atoms with Crippen LogP contribution < -0.4 is 9.47 Å². The fraction of sp³-hybridized carbons (Fsp3) is 0.353. The van der Waals surface area contributed by atoms with Gasteiger partial charge >= 0.3 is 0 Å². The van der Waals surface area contributed by atoms with Crippen molar-refractivity contribution in [1.29, 1.82) is 0 Å². The Labute approximate surface area is 251 Å². The molecule has 1 N–H and O–H groups in total. The molecule has 0 unspecified atom stereocenters. The predicted molar refractivity (Wildman–Crippen MR) is 164 cm³/mol. The zero-order chi connectivity index (χ0) is 29.4. The summed E-state index contributed by atoms with van der Waals surface area (Å²) in [4.78, 5) is 35.2. The second-order valence-electron chi connectivity index (χ2n) is 11.2. The second kappa shape index (κ2) is 11.4. The number of para-hydroxylation sites is 1. The fourth-order valence-electron chi connectivity index (χ4n) is 6.41. The zero-order valence-corrected chi connectivity index (χ0v) is 25.0. The smallest absolute Gasteiger partial charge is 0.254 e. The maximum Gasteiger partial charge on any atom is 0.254 e. The summed E-state index contributed by atoms with van der Waals surface area (Å²) in [6.07, 6.45) is 1.54. The van der Waals surface area contributed by atoms with Crippen LogP contribution in [0.25, 0.3) is 10.9 Å². The molecule has 4 aromatic rings. The summed E-state index contributed by atoms with van der Waals surface area (Å²) < 4.78 is 11.9. The number of halogens is 1. The van der Waals surface area contributed by atoms with Gasteiger partial charge in [0, 0.05) is 34.9 Å². The van der Waals surface area contributed by atoms with Gasteiger partial charge in [0.05, 0.1) is 25.5 Å². The van der Waals surface area contributed by atoms with Crippen LogP contribution >= 0.6 is 11.6 Å². The van der Waals surface area contributed by atoms with Crippen LogP contribution in [0.5, 0.6) is 11.5 Å². The average molecular weight is 586 g/mol. The predicted octanol–water partition coefficient (Wildman–Crippen LogP) is 6.28. The van der Waals surface area contributed by atoms with Gasteiger partial charge in [0.1, 0.15) is 0 Å². The third kappa shape index (κ3) is 4.79. The van der Waals surface area contributed by atoms with Crippen LogP contribution in [0.15, 0.2) is 66.7 Å². The number of piperazine rings is 1. The lowest BCUT2D eigenvalue weighted by Gasteiger charge is -2.51. The van der Waals surface area contributed by atoms with E-state index in [1.165, 1.54) is 0 Å². The number of fused-ring (bicyclic) bond motifs is 5. The second-order valence-corrected chi connectivity index (χ2v) is 11.6. The van der Waals surface area contributed by atoms with E-state index in [-0.39, 0.29) is 24.3 Å². The van der Waals surface area contributed by atoms with Crippen LogP contribution in [0.2, 0.25) is 5.02 Å². The van der Waals surface area contributed by atoms with Crippen molar-refractivity contribution in [2.75, 3.05) is 32.8 Å². The van der Waals surface area contributed by atoms with Gasteiger partial charge in [0.2, 0.25) is 5.91 Å². The van der Waals surface area contributed by atoms with Gasteiger partial charge in [-0.3, -0.25) is 9.59 Å². The van der Waals surface area contributed by atoms with E-state index in [9.17, 15) is 9.59 Å². The van der Waals surface area contributed by atoms with Crippen LogP contribution in [0, 0.1) is 0 Å². The highest BCUT2D eigenvalue weighted by molar-refractivity contribution is 6.30. The minimum absolute atomic E-state index is 0.0539. The van der Waals surface area contributed by atoms with Crippen molar-refractivity contribution in [3.05, 3.63) is 94.1 Å². The van der Waals surface area contributed by atoms with Gasteiger partial charge in [-0.15, -0.1) is 0 Å². The number of rotatable bonds is 9. The van der Waals surface area contributed by atoms with E-state index in [1.54, 1.807) is 9.80 Å². The monoisotopic (exact) mass is 585 g/mol. The molecule has 2 aliphatic rings. The molecule has 6 rings (SSSR count). The molecule has 1 saturated heterocycles. The first-order valence-electron chi connectivity index (χ1n) is 14.7. The van der Waals surface area contributed by atoms with Crippen LogP contribution in [-0.2, 0) is 21.5 Å². The molecular weight excluding hydrogens is 550 g/mol. The quantitative estimate of drug-likeness (QED) is 0.251. The molecule has 0 aliphatic carbocycles. The van der Waals surface area contributed by atoms with E-state index in [2.05, 4.69) is 24.0 Å². The van der Waals surface area contributed by atoms with Gasteiger partial charge < -0.3 is 24.3 Å². The Morgan fingerprint density at radius 2 is 1.79 bits per heavy atom. The molecule has 3 aromatic carbocycles.